The number of nitrogens with one attached hydrogen (secondary N) is 1. The number of rotatable bonds is 6. The van der Waals surface area contributed by atoms with Gasteiger partial charge in [-0.2, -0.15) is 5.10 Å². The van der Waals surface area contributed by atoms with Crippen LogP contribution in [-0.2, 0) is 11.3 Å². The van der Waals surface area contributed by atoms with Crippen LogP contribution in [0.5, 0.6) is 0 Å². The van der Waals surface area contributed by atoms with Crippen molar-refractivity contribution < 1.29 is 4.79 Å². The van der Waals surface area contributed by atoms with Crippen LogP contribution in [0.2, 0.25) is 0 Å². The SMILES string of the molecule is CCC1CCCCN1CCNC(=O)Cn1ncc(=O)c2ccccc21. The molecular weight excluding hydrogens is 316 g/mol. The Labute approximate surface area is 147 Å². The van der Waals surface area contributed by atoms with Gasteiger partial charge in [-0.15, -0.1) is 0 Å². The summed E-state index contributed by atoms with van der Waals surface area (Å²) in [5.74, 6) is -0.0774. The maximum absolute atomic E-state index is 12.3. The van der Waals surface area contributed by atoms with Crippen molar-refractivity contribution >= 4 is 16.8 Å². The molecule has 3 rings (SSSR count). The van der Waals surface area contributed by atoms with E-state index in [-0.39, 0.29) is 17.9 Å². The number of amides is 1. The highest BCUT2D eigenvalue weighted by Gasteiger charge is 2.20. The lowest BCUT2D eigenvalue weighted by Crippen LogP contribution is -2.44. The molecule has 1 saturated heterocycles. The van der Waals surface area contributed by atoms with Gasteiger partial charge in [0, 0.05) is 24.5 Å². The van der Waals surface area contributed by atoms with Crippen LogP contribution in [0.25, 0.3) is 10.9 Å². The molecule has 0 bridgehead atoms. The summed E-state index contributed by atoms with van der Waals surface area (Å²) in [5, 5.41) is 7.67. The third kappa shape index (κ3) is 4.25. The van der Waals surface area contributed by atoms with E-state index in [1.165, 1.54) is 31.9 Å². The van der Waals surface area contributed by atoms with Crippen LogP contribution in [0.15, 0.2) is 35.3 Å². The number of aromatic nitrogens is 2. The Hall–Kier alpha value is -2.21. The summed E-state index contributed by atoms with van der Waals surface area (Å²) in [5.41, 5.74) is 0.565. The summed E-state index contributed by atoms with van der Waals surface area (Å²) < 4.78 is 1.59. The second-order valence-corrected chi connectivity index (χ2v) is 6.63. The van der Waals surface area contributed by atoms with Crippen molar-refractivity contribution in [3.8, 4) is 0 Å². The molecule has 0 radical (unpaired) electrons. The number of carbonyl (C=O) groups excluding carboxylic acids is 1. The number of piperidine rings is 1. The van der Waals surface area contributed by atoms with Crippen LogP contribution >= 0.6 is 0 Å². The lowest BCUT2D eigenvalue weighted by Gasteiger charge is -2.35. The van der Waals surface area contributed by atoms with Gasteiger partial charge in [-0.25, -0.2) is 0 Å². The van der Waals surface area contributed by atoms with Crippen LogP contribution < -0.4 is 10.7 Å². The smallest absolute Gasteiger partial charge is 0.241 e. The lowest BCUT2D eigenvalue weighted by molar-refractivity contribution is -0.121. The van der Waals surface area contributed by atoms with Gasteiger partial charge in [0.15, 0.2) is 0 Å². The van der Waals surface area contributed by atoms with E-state index < -0.39 is 0 Å². The lowest BCUT2D eigenvalue weighted by atomic mass is 10.0. The van der Waals surface area contributed by atoms with E-state index in [1.807, 2.05) is 18.2 Å². The molecule has 0 spiro atoms. The van der Waals surface area contributed by atoms with Crippen molar-refractivity contribution in [2.45, 2.75) is 45.2 Å². The fourth-order valence-electron chi connectivity index (χ4n) is 3.63. The van der Waals surface area contributed by atoms with Crippen molar-refractivity contribution in [1.29, 1.82) is 0 Å². The van der Waals surface area contributed by atoms with Crippen molar-refractivity contribution in [2.24, 2.45) is 0 Å². The molecule has 1 fully saturated rings. The predicted octanol–water partition coefficient (Wildman–Crippen LogP) is 1.78. The van der Waals surface area contributed by atoms with Gasteiger partial charge in [0.2, 0.25) is 11.3 Å². The molecule has 6 heteroatoms. The number of nitrogens with zero attached hydrogens (tertiary/aromatic N) is 3. The molecule has 134 valence electrons. The average Bonchev–Trinajstić information content (AvgIpc) is 2.65. The molecule has 1 unspecified atom stereocenters. The zero-order chi connectivity index (χ0) is 17.6. The number of likely N-dealkylation sites (tertiary alicyclic amines) is 1. The monoisotopic (exact) mass is 342 g/mol. The largest absolute Gasteiger partial charge is 0.353 e. The summed E-state index contributed by atoms with van der Waals surface area (Å²) in [6.45, 7) is 5.02. The molecule has 1 atom stereocenters. The maximum Gasteiger partial charge on any atom is 0.241 e. The van der Waals surface area contributed by atoms with E-state index in [4.69, 9.17) is 0 Å². The Kier molecular flexibility index (Phi) is 5.81. The molecule has 1 aliphatic rings. The standard InChI is InChI=1S/C19H26N4O2/c1-2-15-7-5-6-11-22(15)12-10-20-19(25)14-23-17-9-4-3-8-16(17)18(24)13-21-23/h3-4,8-9,13,15H,2,5-7,10-12,14H2,1H3,(H,20,25). The minimum absolute atomic E-state index is 0.0774. The summed E-state index contributed by atoms with van der Waals surface area (Å²) in [6, 6.07) is 7.89. The summed E-state index contributed by atoms with van der Waals surface area (Å²) >= 11 is 0. The summed E-state index contributed by atoms with van der Waals surface area (Å²) in [6.07, 6.45) is 6.26. The van der Waals surface area contributed by atoms with Crippen molar-refractivity contribution in [2.75, 3.05) is 19.6 Å². The second-order valence-electron chi connectivity index (χ2n) is 6.63. The Morgan fingerprint density at radius 1 is 1.32 bits per heavy atom. The van der Waals surface area contributed by atoms with E-state index in [1.54, 1.807) is 10.7 Å². The number of hydrogen-bond acceptors (Lipinski definition) is 4. The normalized spacial score (nSPS) is 18.4. The minimum atomic E-state index is -0.122. The van der Waals surface area contributed by atoms with Crippen LogP contribution in [0.3, 0.4) is 0 Å². The molecule has 25 heavy (non-hydrogen) atoms. The molecule has 2 heterocycles. The van der Waals surface area contributed by atoms with Crippen molar-refractivity contribution in [3.63, 3.8) is 0 Å². The van der Waals surface area contributed by atoms with Crippen LogP contribution in [0, 0.1) is 0 Å². The van der Waals surface area contributed by atoms with Crippen LogP contribution in [0.4, 0.5) is 0 Å². The van der Waals surface area contributed by atoms with Gasteiger partial charge in [0.1, 0.15) is 6.54 Å². The molecule has 1 aromatic heterocycles. The van der Waals surface area contributed by atoms with Crippen molar-refractivity contribution in [3.05, 3.63) is 40.7 Å². The van der Waals surface area contributed by atoms with E-state index in [9.17, 15) is 9.59 Å². The summed E-state index contributed by atoms with van der Waals surface area (Å²) in [7, 11) is 0. The molecule has 1 aliphatic heterocycles. The van der Waals surface area contributed by atoms with E-state index in [0.29, 0.717) is 23.5 Å². The third-order valence-corrected chi connectivity index (χ3v) is 5.00. The fourth-order valence-corrected chi connectivity index (χ4v) is 3.63. The van der Waals surface area contributed by atoms with E-state index >= 15 is 0 Å². The second kappa shape index (κ2) is 8.25. The number of fused-ring (bicyclic) bond motifs is 1. The van der Waals surface area contributed by atoms with E-state index in [2.05, 4.69) is 22.2 Å². The van der Waals surface area contributed by atoms with Gasteiger partial charge < -0.3 is 5.32 Å². The Morgan fingerprint density at radius 2 is 2.16 bits per heavy atom. The van der Waals surface area contributed by atoms with Gasteiger partial charge >= 0.3 is 0 Å². The first-order valence-corrected chi connectivity index (χ1v) is 9.14. The number of para-hydroxylation sites is 1. The number of benzene rings is 1. The molecule has 1 N–H and O–H groups in total. The summed E-state index contributed by atoms with van der Waals surface area (Å²) in [4.78, 5) is 26.6. The number of hydrogen-bond donors (Lipinski definition) is 1. The molecule has 1 aromatic carbocycles. The van der Waals surface area contributed by atoms with Gasteiger partial charge in [-0.05, 0) is 37.9 Å². The Morgan fingerprint density at radius 3 is 3.00 bits per heavy atom. The van der Waals surface area contributed by atoms with E-state index in [0.717, 1.165) is 13.1 Å². The Bertz CT molecular complexity index is 786. The minimum Gasteiger partial charge on any atom is -0.353 e. The third-order valence-electron chi connectivity index (χ3n) is 5.00. The Balaban J connectivity index is 1.56. The predicted molar refractivity (Wildman–Crippen MR) is 98.5 cm³/mol. The highest BCUT2D eigenvalue weighted by atomic mass is 16.2. The van der Waals surface area contributed by atoms with Gasteiger partial charge in [-0.3, -0.25) is 19.2 Å². The molecule has 0 saturated carbocycles. The van der Waals surface area contributed by atoms with Gasteiger partial charge in [-0.1, -0.05) is 25.5 Å². The number of carbonyl (C=O) groups is 1. The molecule has 6 nitrogen and oxygen atoms in total. The average molecular weight is 342 g/mol. The zero-order valence-electron chi connectivity index (χ0n) is 14.8. The first-order valence-electron chi connectivity index (χ1n) is 9.14. The molecule has 1 amide bonds. The molecule has 2 aromatic rings. The highest BCUT2D eigenvalue weighted by molar-refractivity contribution is 5.81. The fraction of sp³-hybridized carbons (Fsp3) is 0.526. The maximum atomic E-state index is 12.3. The highest BCUT2D eigenvalue weighted by Crippen LogP contribution is 2.18. The van der Waals surface area contributed by atoms with Crippen molar-refractivity contribution in [1.82, 2.24) is 20.0 Å². The van der Waals surface area contributed by atoms with Gasteiger partial charge in [0.05, 0.1) is 11.7 Å². The van der Waals surface area contributed by atoms with Crippen LogP contribution in [-0.4, -0.2) is 46.3 Å². The first kappa shape index (κ1) is 17.6. The van der Waals surface area contributed by atoms with Crippen LogP contribution in [0.1, 0.15) is 32.6 Å². The zero-order valence-corrected chi connectivity index (χ0v) is 14.8. The quantitative estimate of drug-likeness (QED) is 0.869. The topological polar surface area (TPSA) is 67.2 Å². The van der Waals surface area contributed by atoms with Gasteiger partial charge in [0.25, 0.3) is 0 Å². The first-order chi connectivity index (χ1) is 12.2. The molecule has 0 aliphatic carbocycles. The molecular formula is C19H26N4O2.